The summed E-state index contributed by atoms with van der Waals surface area (Å²) in [6.07, 6.45) is 0. The molecule has 0 fully saturated rings. The summed E-state index contributed by atoms with van der Waals surface area (Å²) < 4.78 is 33.9. The van der Waals surface area contributed by atoms with Crippen molar-refractivity contribution in [2.45, 2.75) is 31.2 Å². The van der Waals surface area contributed by atoms with Crippen LogP contribution in [0.5, 0.6) is 5.75 Å². The van der Waals surface area contributed by atoms with Crippen LogP contribution >= 0.6 is 0 Å². The van der Waals surface area contributed by atoms with Gasteiger partial charge in [0.05, 0.1) is 34.2 Å². The quantitative estimate of drug-likeness (QED) is 0.488. The average Bonchev–Trinajstić information content (AvgIpc) is 3.08. The number of carbonyl (C=O) groups is 2. The molecular formula is C27H25N3O5S. The minimum atomic E-state index is -3.79. The van der Waals surface area contributed by atoms with Crippen molar-refractivity contribution >= 4 is 21.8 Å². The van der Waals surface area contributed by atoms with Crippen LogP contribution in [0, 0.1) is 11.3 Å². The number of hydrogen-bond acceptors (Lipinski definition) is 6. The number of ether oxygens (including phenoxy) is 1. The van der Waals surface area contributed by atoms with Gasteiger partial charge >= 0.3 is 0 Å². The molecule has 9 heteroatoms. The van der Waals surface area contributed by atoms with Crippen molar-refractivity contribution in [1.29, 1.82) is 5.26 Å². The summed E-state index contributed by atoms with van der Waals surface area (Å²) in [7, 11) is -3.79. The average molecular weight is 504 g/mol. The van der Waals surface area contributed by atoms with Crippen molar-refractivity contribution < 1.29 is 22.7 Å². The molecule has 0 atom stereocenters. The van der Waals surface area contributed by atoms with Crippen molar-refractivity contribution in [1.82, 2.24) is 9.62 Å². The van der Waals surface area contributed by atoms with E-state index in [9.17, 15) is 18.0 Å². The van der Waals surface area contributed by atoms with Gasteiger partial charge in [0.1, 0.15) is 12.4 Å². The number of nitrogens with one attached hydrogen (secondary N) is 1. The highest BCUT2D eigenvalue weighted by atomic mass is 32.2. The number of sulfonamides is 1. The summed E-state index contributed by atoms with van der Waals surface area (Å²) in [4.78, 5) is 27.5. The number of carbonyl (C=O) groups excluding carboxylic acids is 2. The van der Waals surface area contributed by atoms with E-state index in [0.29, 0.717) is 22.4 Å². The van der Waals surface area contributed by atoms with E-state index in [2.05, 4.69) is 4.72 Å². The standard InChI is InChI=1S/C27H25N3O5S/c1-27(2,3)29-36(33,34)21-10-5-8-19(16-21)22-11-6-12-23-24(22)26(32)30(25(23)31)13-14-35-20-9-4-7-18(15-20)17-28/h4-12,15-16,29H,13-14H2,1-3H3. The van der Waals surface area contributed by atoms with E-state index in [-0.39, 0.29) is 29.2 Å². The van der Waals surface area contributed by atoms with Gasteiger partial charge in [0.15, 0.2) is 0 Å². The van der Waals surface area contributed by atoms with Crippen molar-refractivity contribution in [3.8, 4) is 22.9 Å². The largest absolute Gasteiger partial charge is 0.492 e. The zero-order chi connectivity index (χ0) is 26.1. The lowest BCUT2D eigenvalue weighted by atomic mass is 9.97. The van der Waals surface area contributed by atoms with Gasteiger partial charge in [-0.3, -0.25) is 14.5 Å². The second-order valence-corrected chi connectivity index (χ2v) is 11.0. The molecule has 1 N–H and O–H groups in total. The van der Waals surface area contributed by atoms with Crippen molar-refractivity contribution in [2.24, 2.45) is 0 Å². The Labute approximate surface area is 210 Å². The van der Waals surface area contributed by atoms with Gasteiger partial charge in [-0.1, -0.05) is 30.3 Å². The molecule has 36 heavy (non-hydrogen) atoms. The molecule has 0 saturated heterocycles. The number of fused-ring (bicyclic) bond motifs is 1. The molecule has 0 aliphatic carbocycles. The number of imide groups is 1. The van der Waals surface area contributed by atoms with E-state index in [1.165, 1.54) is 12.1 Å². The highest BCUT2D eigenvalue weighted by Gasteiger charge is 2.37. The Morgan fingerprint density at radius 3 is 2.36 bits per heavy atom. The van der Waals surface area contributed by atoms with Gasteiger partial charge in [0, 0.05) is 5.54 Å². The van der Waals surface area contributed by atoms with Gasteiger partial charge in [-0.05, 0) is 68.3 Å². The molecule has 1 aliphatic rings. The van der Waals surface area contributed by atoms with E-state index in [4.69, 9.17) is 10.00 Å². The second-order valence-electron chi connectivity index (χ2n) is 9.36. The Bertz CT molecular complexity index is 1500. The van der Waals surface area contributed by atoms with Crippen LogP contribution in [0.25, 0.3) is 11.1 Å². The van der Waals surface area contributed by atoms with Crippen LogP contribution in [0.15, 0.2) is 71.6 Å². The van der Waals surface area contributed by atoms with Crippen LogP contribution in [0.2, 0.25) is 0 Å². The summed E-state index contributed by atoms with van der Waals surface area (Å²) >= 11 is 0. The van der Waals surface area contributed by atoms with Crippen molar-refractivity contribution in [2.75, 3.05) is 13.2 Å². The van der Waals surface area contributed by atoms with E-state index in [1.54, 1.807) is 75.4 Å². The Kier molecular flexibility index (Phi) is 6.67. The van der Waals surface area contributed by atoms with Crippen LogP contribution in [0.4, 0.5) is 0 Å². The maximum Gasteiger partial charge on any atom is 0.262 e. The first-order valence-corrected chi connectivity index (χ1v) is 12.7. The molecule has 3 aromatic rings. The lowest BCUT2D eigenvalue weighted by Gasteiger charge is -2.20. The molecule has 8 nitrogen and oxygen atoms in total. The molecule has 184 valence electrons. The topological polar surface area (TPSA) is 117 Å². The third-order valence-electron chi connectivity index (χ3n) is 5.44. The first-order valence-electron chi connectivity index (χ1n) is 11.3. The molecule has 1 heterocycles. The Hall–Kier alpha value is -4.00. The van der Waals surface area contributed by atoms with Crippen LogP contribution in [-0.2, 0) is 10.0 Å². The van der Waals surface area contributed by atoms with Gasteiger partial charge in [0.25, 0.3) is 11.8 Å². The van der Waals surface area contributed by atoms with Crippen molar-refractivity contribution in [3.63, 3.8) is 0 Å². The minimum absolute atomic E-state index is 0.0203. The number of hydrogen-bond donors (Lipinski definition) is 1. The van der Waals surface area contributed by atoms with Gasteiger partial charge < -0.3 is 4.74 Å². The van der Waals surface area contributed by atoms with E-state index in [0.717, 1.165) is 4.90 Å². The zero-order valence-corrected chi connectivity index (χ0v) is 20.9. The molecule has 2 amide bonds. The molecule has 0 radical (unpaired) electrons. The summed E-state index contributed by atoms with van der Waals surface area (Å²) in [5, 5.41) is 9.02. The number of nitrogens with zero attached hydrogens (tertiary/aromatic N) is 2. The lowest BCUT2D eigenvalue weighted by Crippen LogP contribution is -2.40. The maximum absolute atomic E-state index is 13.3. The third kappa shape index (κ3) is 5.15. The normalized spacial score (nSPS) is 13.4. The van der Waals surface area contributed by atoms with Gasteiger partial charge in [-0.2, -0.15) is 5.26 Å². The van der Waals surface area contributed by atoms with E-state index >= 15 is 0 Å². The molecule has 3 aromatic carbocycles. The Morgan fingerprint density at radius 1 is 0.944 bits per heavy atom. The molecule has 0 bridgehead atoms. The fraction of sp³-hybridized carbons (Fsp3) is 0.222. The first-order chi connectivity index (χ1) is 17.0. The molecule has 0 saturated carbocycles. The summed E-state index contributed by atoms with van der Waals surface area (Å²) in [6, 6.07) is 19.9. The number of nitriles is 1. The minimum Gasteiger partial charge on any atom is -0.492 e. The predicted molar refractivity (Wildman–Crippen MR) is 134 cm³/mol. The highest BCUT2D eigenvalue weighted by Crippen LogP contribution is 2.33. The molecule has 4 rings (SSSR count). The summed E-state index contributed by atoms with van der Waals surface area (Å²) in [5.41, 5.74) is 1.25. The number of amides is 2. The van der Waals surface area contributed by atoms with E-state index < -0.39 is 27.4 Å². The van der Waals surface area contributed by atoms with Crippen LogP contribution in [0.3, 0.4) is 0 Å². The predicted octanol–water partition coefficient (Wildman–Crippen LogP) is 3.98. The molecular weight excluding hydrogens is 478 g/mol. The Morgan fingerprint density at radius 2 is 1.64 bits per heavy atom. The smallest absolute Gasteiger partial charge is 0.262 e. The fourth-order valence-corrected chi connectivity index (χ4v) is 5.44. The van der Waals surface area contributed by atoms with Crippen LogP contribution < -0.4 is 9.46 Å². The monoisotopic (exact) mass is 503 g/mol. The molecule has 1 aliphatic heterocycles. The fourth-order valence-electron chi connectivity index (χ4n) is 3.98. The summed E-state index contributed by atoms with van der Waals surface area (Å²) in [6.45, 7) is 5.33. The lowest BCUT2D eigenvalue weighted by molar-refractivity contribution is 0.0631. The second kappa shape index (κ2) is 9.57. The molecule has 0 unspecified atom stereocenters. The Balaban J connectivity index is 1.59. The molecule has 0 aromatic heterocycles. The SMILES string of the molecule is CC(C)(C)NS(=O)(=O)c1cccc(-c2cccc3c2C(=O)N(CCOc2cccc(C#N)c2)C3=O)c1. The third-order valence-corrected chi connectivity index (χ3v) is 7.20. The van der Waals surface area contributed by atoms with Gasteiger partial charge in [-0.25, -0.2) is 13.1 Å². The maximum atomic E-state index is 13.3. The summed E-state index contributed by atoms with van der Waals surface area (Å²) in [5.74, 6) is -0.446. The van der Waals surface area contributed by atoms with Crippen molar-refractivity contribution in [3.05, 3.63) is 83.4 Å². The van der Waals surface area contributed by atoms with Gasteiger partial charge in [-0.15, -0.1) is 0 Å². The zero-order valence-electron chi connectivity index (χ0n) is 20.1. The number of benzene rings is 3. The first kappa shape index (κ1) is 25.1. The van der Waals surface area contributed by atoms with Crippen LogP contribution in [-0.4, -0.2) is 43.8 Å². The van der Waals surface area contributed by atoms with Crippen LogP contribution in [0.1, 0.15) is 47.1 Å². The molecule has 0 spiro atoms. The number of rotatable bonds is 7. The van der Waals surface area contributed by atoms with Gasteiger partial charge in [0.2, 0.25) is 10.0 Å². The van der Waals surface area contributed by atoms with E-state index in [1.807, 2.05) is 6.07 Å². The highest BCUT2D eigenvalue weighted by molar-refractivity contribution is 7.89.